The molecule has 4 aromatic rings. The molecular weight excluding hydrogens is 332 g/mol. The fraction of sp³-hybridized carbons (Fsp3) is 0.316. The van der Waals surface area contributed by atoms with Gasteiger partial charge in [-0.05, 0) is 37.1 Å². The molecule has 126 valence electrons. The van der Waals surface area contributed by atoms with Crippen LogP contribution in [0.4, 0.5) is 0 Å². The van der Waals surface area contributed by atoms with E-state index in [0.29, 0.717) is 0 Å². The van der Waals surface area contributed by atoms with Crippen LogP contribution in [0.1, 0.15) is 30.6 Å². The van der Waals surface area contributed by atoms with E-state index in [-0.39, 0.29) is 0 Å². The molecule has 0 aromatic carbocycles. The van der Waals surface area contributed by atoms with Crippen LogP contribution in [0.3, 0.4) is 0 Å². The third-order valence-electron chi connectivity index (χ3n) is 5.04. The molecule has 0 saturated heterocycles. The summed E-state index contributed by atoms with van der Waals surface area (Å²) in [5.74, 6) is 0. The molecular formula is C19H18N4OS. The van der Waals surface area contributed by atoms with E-state index in [9.17, 15) is 5.11 Å². The van der Waals surface area contributed by atoms with Gasteiger partial charge in [-0.3, -0.25) is 4.68 Å². The Bertz CT molecular complexity index is 1090. The van der Waals surface area contributed by atoms with Crippen LogP contribution in [0.5, 0.6) is 0 Å². The first-order valence-electron chi connectivity index (χ1n) is 8.54. The Kier molecular flexibility index (Phi) is 3.20. The van der Waals surface area contributed by atoms with E-state index in [1.807, 2.05) is 25.5 Å². The van der Waals surface area contributed by atoms with E-state index in [0.717, 1.165) is 63.1 Å². The molecule has 0 radical (unpaired) electrons. The molecule has 0 bridgehead atoms. The van der Waals surface area contributed by atoms with Crippen molar-refractivity contribution in [3.8, 4) is 11.3 Å². The number of aromatic nitrogens is 4. The molecule has 0 spiro atoms. The zero-order valence-electron chi connectivity index (χ0n) is 13.9. The predicted octanol–water partition coefficient (Wildman–Crippen LogP) is 4.01. The van der Waals surface area contributed by atoms with Crippen LogP contribution in [0.2, 0.25) is 0 Å². The molecule has 5 rings (SSSR count). The minimum atomic E-state index is -0.651. The van der Waals surface area contributed by atoms with E-state index in [4.69, 9.17) is 4.98 Å². The summed E-state index contributed by atoms with van der Waals surface area (Å²) in [7, 11) is 1.90. The van der Waals surface area contributed by atoms with Crippen molar-refractivity contribution in [1.29, 1.82) is 0 Å². The van der Waals surface area contributed by atoms with Crippen LogP contribution in [0.25, 0.3) is 32.5 Å². The summed E-state index contributed by atoms with van der Waals surface area (Å²) in [6.45, 7) is 0. The second-order valence-electron chi connectivity index (χ2n) is 6.88. The number of hydrogen-bond donors (Lipinski definition) is 1. The number of aryl methyl sites for hydroxylation is 1. The quantitative estimate of drug-likeness (QED) is 0.593. The molecule has 1 aliphatic carbocycles. The standard InChI is InChI=1S/C19H18N4OS/c1-23-11-14-8-13(10-20-17(14)22-23)15-5-4-12-9-16(25-18(12)21-15)19(24)6-2-3-7-19/h4-5,8-11,24H,2-3,6-7H2,1H3. The van der Waals surface area contributed by atoms with Gasteiger partial charge in [0.25, 0.3) is 0 Å². The van der Waals surface area contributed by atoms with Crippen LogP contribution in [-0.4, -0.2) is 24.9 Å². The van der Waals surface area contributed by atoms with E-state index >= 15 is 0 Å². The minimum Gasteiger partial charge on any atom is -0.384 e. The number of nitrogens with zero attached hydrogens (tertiary/aromatic N) is 4. The Morgan fingerprint density at radius 1 is 1.16 bits per heavy atom. The fourth-order valence-electron chi connectivity index (χ4n) is 3.69. The largest absolute Gasteiger partial charge is 0.384 e. The average Bonchev–Trinajstić information content (AvgIpc) is 3.30. The van der Waals surface area contributed by atoms with Crippen molar-refractivity contribution in [2.24, 2.45) is 7.05 Å². The second kappa shape index (κ2) is 5.34. The first-order valence-corrected chi connectivity index (χ1v) is 9.36. The van der Waals surface area contributed by atoms with E-state index in [1.165, 1.54) is 0 Å². The van der Waals surface area contributed by atoms with Gasteiger partial charge in [-0.15, -0.1) is 11.3 Å². The van der Waals surface area contributed by atoms with Crippen LogP contribution in [-0.2, 0) is 12.6 Å². The summed E-state index contributed by atoms with van der Waals surface area (Å²) in [5, 5.41) is 17.3. The zero-order valence-corrected chi connectivity index (χ0v) is 14.8. The third kappa shape index (κ3) is 2.44. The highest BCUT2D eigenvalue weighted by Gasteiger charge is 2.34. The molecule has 0 amide bonds. The van der Waals surface area contributed by atoms with Crippen molar-refractivity contribution < 1.29 is 5.11 Å². The van der Waals surface area contributed by atoms with Crippen molar-refractivity contribution in [2.45, 2.75) is 31.3 Å². The highest BCUT2D eigenvalue weighted by atomic mass is 32.1. The molecule has 0 atom stereocenters. The molecule has 0 aliphatic heterocycles. The fourth-order valence-corrected chi connectivity index (χ4v) is 4.86. The van der Waals surface area contributed by atoms with Crippen LogP contribution in [0, 0.1) is 0 Å². The van der Waals surface area contributed by atoms with Crippen molar-refractivity contribution >= 4 is 32.6 Å². The summed E-state index contributed by atoms with van der Waals surface area (Å²) in [5.41, 5.74) is 1.98. The lowest BCUT2D eigenvalue weighted by atomic mass is 10.0. The van der Waals surface area contributed by atoms with Crippen molar-refractivity contribution in [3.63, 3.8) is 0 Å². The molecule has 1 N–H and O–H groups in total. The summed E-state index contributed by atoms with van der Waals surface area (Å²) in [6.07, 6.45) is 7.69. The van der Waals surface area contributed by atoms with Crippen LogP contribution >= 0.6 is 11.3 Å². The summed E-state index contributed by atoms with van der Waals surface area (Å²) in [4.78, 5) is 11.3. The molecule has 1 saturated carbocycles. The summed E-state index contributed by atoms with van der Waals surface area (Å²) in [6, 6.07) is 8.29. The molecule has 4 aromatic heterocycles. The maximum atomic E-state index is 10.8. The lowest BCUT2D eigenvalue weighted by Gasteiger charge is -2.19. The van der Waals surface area contributed by atoms with Crippen molar-refractivity contribution in [3.05, 3.63) is 41.5 Å². The predicted molar refractivity (Wildman–Crippen MR) is 99.5 cm³/mol. The Balaban J connectivity index is 1.59. The number of hydrogen-bond acceptors (Lipinski definition) is 5. The van der Waals surface area contributed by atoms with Gasteiger partial charge >= 0.3 is 0 Å². The minimum absolute atomic E-state index is 0.651. The van der Waals surface area contributed by atoms with Crippen LogP contribution < -0.4 is 0 Å². The number of fused-ring (bicyclic) bond motifs is 2. The van der Waals surface area contributed by atoms with Gasteiger partial charge in [-0.25, -0.2) is 9.97 Å². The third-order valence-corrected chi connectivity index (χ3v) is 6.28. The summed E-state index contributed by atoms with van der Waals surface area (Å²) >= 11 is 1.61. The average molecular weight is 350 g/mol. The Morgan fingerprint density at radius 3 is 2.84 bits per heavy atom. The Morgan fingerprint density at radius 2 is 2.00 bits per heavy atom. The molecule has 4 heterocycles. The number of pyridine rings is 2. The molecule has 25 heavy (non-hydrogen) atoms. The topological polar surface area (TPSA) is 63.8 Å². The van der Waals surface area contributed by atoms with Gasteiger partial charge in [0.2, 0.25) is 0 Å². The zero-order chi connectivity index (χ0) is 17.0. The van der Waals surface area contributed by atoms with Gasteiger partial charge in [0.1, 0.15) is 4.83 Å². The smallest absolute Gasteiger partial charge is 0.181 e. The first-order chi connectivity index (χ1) is 12.1. The lowest BCUT2D eigenvalue weighted by molar-refractivity contribution is 0.0484. The van der Waals surface area contributed by atoms with Gasteiger partial charge in [0.05, 0.1) is 11.3 Å². The second-order valence-corrected chi connectivity index (χ2v) is 7.91. The Hall–Kier alpha value is -2.31. The molecule has 6 heteroatoms. The van der Waals surface area contributed by atoms with Gasteiger partial charge in [0.15, 0.2) is 5.65 Å². The number of rotatable bonds is 2. The monoisotopic (exact) mass is 350 g/mol. The number of aliphatic hydroxyl groups is 1. The van der Waals surface area contributed by atoms with Gasteiger partial charge < -0.3 is 5.11 Å². The highest BCUT2D eigenvalue weighted by Crippen LogP contribution is 2.43. The lowest BCUT2D eigenvalue weighted by Crippen LogP contribution is -2.18. The van der Waals surface area contributed by atoms with Crippen molar-refractivity contribution in [2.75, 3.05) is 0 Å². The van der Waals surface area contributed by atoms with Crippen LogP contribution in [0.15, 0.2) is 36.7 Å². The molecule has 1 aliphatic rings. The molecule has 1 fully saturated rings. The first kappa shape index (κ1) is 15.0. The molecule has 0 unspecified atom stereocenters. The number of thiophene rings is 1. The van der Waals surface area contributed by atoms with Gasteiger partial charge in [-0.2, -0.15) is 5.10 Å². The van der Waals surface area contributed by atoms with E-state index in [2.05, 4.69) is 28.3 Å². The molecule has 5 nitrogen and oxygen atoms in total. The van der Waals surface area contributed by atoms with Gasteiger partial charge in [-0.1, -0.05) is 12.8 Å². The Labute approximate surface area is 149 Å². The summed E-state index contributed by atoms with van der Waals surface area (Å²) < 4.78 is 1.77. The van der Waals surface area contributed by atoms with Gasteiger partial charge in [0, 0.05) is 40.7 Å². The van der Waals surface area contributed by atoms with Crippen molar-refractivity contribution in [1.82, 2.24) is 19.7 Å². The van der Waals surface area contributed by atoms with E-state index in [1.54, 1.807) is 16.0 Å². The SMILES string of the molecule is Cn1cc2cc(-c3ccc4cc(C5(O)CCCC5)sc4n3)cnc2n1. The normalized spacial score (nSPS) is 16.9. The highest BCUT2D eigenvalue weighted by molar-refractivity contribution is 7.18. The van der Waals surface area contributed by atoms with E-state index < -0.39 is 5.60 Å². The maximum absolute atomic E-state index is 10.8. The maximum Gasteiger partial charge on any atom is 0.181 e.